The van der Waals surface area contributed by atoms with E-state index in [0.29, 0.717) is 18.0 Å². The van der Waals surface area contributed by atoms with Crippen molar-refractivity contribution in [2.75, 3.05) is 14.2 Å². The molecule has 0 aliphatic heterocycles. The number of hydrogen-bond acceptors (Lipinski definition) is 4. The van der Waals surface area contributed by atoms with Crippen molar-refractivity contribution < 1.29 is 9.53 Å². The molecule has 146 valence electrons. The maximum Gasteiger partial charge on any atom is 0.223 e. The van der Waals surface area contributed by atoms with Gasteiger partial charge in [0.2, 0.25) is 5.91 Å². The van der Waals surface area contributed by atoms with Crippen LogP contribution >= 0.6 is 0 Å². The molecule has 5 nitrogen and oxygen atoms in total. The summed E-state index contributed by atoms with van der Waals surface area (Å²) in [6, 6.07) is 16.1. The van der Waals surface area contributed by atoms with Gasteiger partial charge in [0.05, 0.1) is 24.2 Å². The molecule has 0 spiro atoms. The number of primary amides is 1. The summed E-state index contributed by atoms with van der Waals surface area (Å²) < 4.78 is 5.57. The maximum atomic E-state index is 12.4. The topological polar surface area (TPSA) is 88.1 Å². The number of nitrogens with one attached hydrogen (secondary N) is 1. The fourth-order valence-electron chi connectivity index (χ4n) is 4.17. The van der Waals surface area contributed by atoms with Crippen LogP contribution in [0.25, 0.3) is 11.1 Å². The second-order valence-corrected chi connectivity index (χ2v) is 7.60. The first-order valence-corrected chi connectivity index (χ1v) is 9.66. The van der Waals surface area contributed by atoms with Crippen molar-refractivity contribution >= 4 is 5.91 Å². The van der Waals surface area contributed by atoms with Crippen molar-refractivity contribution in [1.82, 2.24) is 5.32 Å². The minimum absolute atomic E-state index is 0.229. The largest absolute Gasteiger partial charge is 0.496 e. The minimum Gasteiger partial charge on any atom is -0.496 e. The molecule has 3 rings (SSSR count). The normalized spacial score (nSPS) is 21.7. The Labute approximate surface area is 166 Å². The van der Waals surface area contributed by atoms with E-state index in [1.807, 2.05) is 43.4 Å². The van der Waals surface area contributed by atoms with Gasteiger partial charge < -0.3 is 15.8 Å². The standard InChI is InChI=1S/C23H27N3O2/c1-26-20-9-11-23(12-10-20,22(25)27)14-19-13-18(7-8-21(19)28-2)17-5-3-16(15-24)4-6-17/h3-8,13,20,26H,9-12,14H2,1-2H3,(H2,25,27). The molecule has 0 unspecified atom stereocenters. The van der Waals surface area contributed by atoms with Gasteiger partial charge in [0.1, 0.15) is 5.75 Å². The monoisotopic (exact) mass is 377 g/mol. The summed E-state index contributed by atoms with van der Waals surface area (Å²) in [5.41, 5.74) is 9.02. The molecule has 3 N–H and O–H groups in total. The molecule has 1 aliphatic carbocycles. The van der Waals surface area contributed by atoms with Crippen molar-refractivity contribution in [3.05, 3.63) is 53.6 Å². The number of carbonyl (C=O) groups is 1. The van der Waals surface area contributed by atoms with E-state index in [0.717, 1.165) is 48.1 Å². The van der Waals surface area contributed by atoms with Crippen LogP contribution in [0.5, 0.6) is 5.75 Å². The molecule has 1 saturated carbocycles. The summed E-state index contributed by atoms with van der Waals surface area (Å²) >= 11 is 0. The molecular weight excluding hydrogens is 350 g/mol. The zero-order valence-corrected chi connectivity index (χ0v) is 16.5. The van der Waals surface area contributed by atoms with Crippen LogP contribution in [-0.4, -0.2) is 26.1 Å². The first kappa shape index (κ1) is 19.9. The molecule has 0 aromatic heterocycles. The lowest BCUT2D eigenvalue weighted by molar-refractivity contribution is -0.129. The third kappa shape index (κ3) is 4.02. The predicted molar refractivity (Wildman–Crippen MR) is 110 cm³/mol. The van der Waals surface area contributed by atoms with E-state index in [9.17, 15) is 4.79 Å². The fourth-order valence-corrected chi connectivity index (χ4v) is 4.17. The number of hydrogen-bond donors (Lipinski definition) is 2. The van der Waals surface area contributed by atoms with Crippen LogP contribution in [0.3, 0.4) is 0 Å². The van der Waals surface area contributed by atoms with Crippen LogP contribution in [0.15, 0.2) is 42.5 Å². The molecule has 1 fully saturated rings. The Balaban J connectivity index is 1.93. The average molecular weight is 377 g/mol. The molecule has 0 bridgehead atoms. The van der Waals surface area contributed by atoms with Crippen LogP contribution < -0.4 is 15.8 Å². The van der Waals surface area contributed by atoms with E-state index in [4.69, 9.17) is 15.7 Å². The molecule has 5 heteroatoms. The predicted octanol–water partition coefficient (Wildman–Crippen LogP) is 3.41. The van der Waals surface area contributed by atoms with Gasteiger partial charge in [0.25, 0.3) is 0 Å². The third-order valence-electron chi connectivity index (χ3n) is 6.03. The van der Waals surface area contributed by atoms with Gasteiger partial charge in [-0.25, -0.2) is 0 Å². The fraction of sp³-hybridized carbons (Fsp3) is 0.391. The lowest BCUT2D eigenvalue weighted by atomic mass is 9.68. The summed E-state index contributed by atoms with van der Waals surface area (Å²) in [5.74, 6) is 0.543. The van der Waals surface area contributed by atoms with Crippen LogP contribution in [-0.2, 0) is 11.2 Å². The first-order chi connectivity index (χ1) is 13.5. The van der Waals surface area contributed by atoms with Gasteiger partial charge in [0, 0.05) is 6.04 Å². The van der Waals surface area contributed by atoms with E-state index in [2.05, 4.69) is 17.5 Å². The van der Waals surface area contributed by atoms with Crippen LogP contribution in [0.1, 0.15) is 36.8 Å². The van der Waals surface area contributed by atoms with Crippen LogP contribution in [0.4, 0.5) is 0 Å². The SMILES string of the molecule is CNC1CCC(Cc2cc(-c3ccc(C#N)cc3)ccc2OC)(C(N)=O)CC1. The van der Waals surface area contributed by atoms with E-state index < -0.39 is 5.41 Å². The Morgan fingerprint density at radius 3 is 2.39 bits per heavy atom. The number of carbonyl (C=O) groups excluding carboxylic acids is 1. The molecule has 0 heterocycles. The Kier molecular flexibility index (Phi) is 6.01. The lowest BCUT2D eigenvalue weighted by Gasteiger charge is -2.38. The summed E-state index contributed by atoms with van der Waals surface area (Å²) in [7, 11) is 3.61. The van der Waals surface area contributed by atoms with Gasteiger partial charge in [-0.1, -0.05) is 18.2 Å². The lowest BCUT2D eigenvalue weighted by Crippen LogP contribution is -2.45. The molecular formula is C23H27N3O2. The van der Waals surface area contributed by atoms with Crippen molar-refractivity contribution in [3.8, 4) is 22.9 Å². The highest BCUT2D eigenvalue weighted by Crippen LogP contribution is 2.41. The van der Waals surface area contributed by atoms with E-state index in [-0.39, 0.29) is 5.91 Å². The molecule has 1 aliphatic rings. The van der Waals surface area contributed by atoms with Gasteiger partial charge in [-0.05, 0) is 80.1 Å². The number of nitrogens with two attached hydrogens (primary N) is 1. The van der Waals surface area contributed by atoms with Crippen LogP contribution in [0.2, 0.25) is 0 Å². The molecule has 0 atom stereocenters. The van der Waals surface area contributed by atoms with Gasteiger partial charge in [-0.2, -0.15) is 5.26 Å². The summed E-state index contributed by atoms with van der Waals surface area (Å²) in [5, 5.41) is 12.3. The number of nitriles is 1. The van der Waals surface area contributed by atoms with Crippen molar-refractivity contribution in [3.63, 3.8) is 0 Å². The molecule has 2 aromatic carbocycles. The van der Waals surface area contributed by atoms with Crippen molar-refractivity contribution in [2.45, 2.75) is 38.1 Å². The van der Waals surface area contributed by atoms with Crippen molar-refractivity contribution in [2.24, 2.45) is 11.1 Å². The van der Waals surface area contributed by atoms with E-state index in [1.165, 1.54) is 0 Å². The molecule has 0 radical (unpaired) electrons. The minimum atomic E-state index is -0.538. The van der Waals surface area contributed by atoms with Gasteiger partial charge >= 0.3 is 0 Å². The summed E-state index contributed by atoms with van der Waals surface area (Å²) in [4.78, 5) is 12.4. The Morgan fingerprint density at radius 1 is 1.21 bits per heavy atom. The summed E-state index contributed by atoms with van der Waals surface area (Å²) in [6.45, 7) is 0. The average Bonchev–Trinajstić information content (AvgIpc) is 2.74. The third-order valence-corrected chi connectivity index (χ3v) is 6.03. The molecule has 0 saturated heterocycles. The number of nitrogens with zero attached hydrogens (tertiary/aromatic N) is 1. The number of rotatable bonds is 6. The first-order valence-electron chi connectivity index (χ1n) is 9.66. The smallest absolute Gasteiger partial charge is 0.223 e. The summed E-state index contributed by atoms with van der Waals surface area (Å²) in [6.07, 6.45) is 4.01. The Hall–Kier alpha value is -2.84. The number of benzene rings is 2. The zero-order valence-electron chi connectivity index (χ0n) is 16.5. The molecule has 28 heavy (non-hydrogen) atoms. The second-order valence-electron chi connectivity index (χ2n) is 7.60. The second kappa shape index (κ2) is 8.45. The van der Waals surface area contributed by atoms with Gasteiger partial charge in [0.15, 0.2) is 0 Å². The maximum absolute atomic E-state index is 12.4. The van der Waals surface area contributed by atoms with E-state index in [1.54, 1.807) is 7.11 Å². The zero-order chi connectivity index (χ0) is 20.1. The number of methoxy groups -OCH3 is 1. The molecule has 2 aromatic rings. The highest BCUT2D eigenvalue weighted by atomic mass is 16.5. The number of amides is 1. The Bertz CT molecular complexity index is 876. The van der Waals surface area contributed by atoms with Crippen molar-refractivity contribution in [1.29, 1.82) is 5.26 Å². The highest BCUT2D eigenvalue weighted by molar-refractivity contribution is 5.81. The Morgan fingerprint density at radius 2 is 1.86 bits per heavy atom. The van der Waals surface area contributed by atoms with Gasteiger partial charge in [-0.3, -0.25) is 4.79 Å². The number of ether oxygens (including phenoxy) is 1. The molecule has 1 amide bonds. The highest BCUT2D eigenvalue weighted by Gasteiger charge is 2.40. The van der Waals surface area contributed by atoms with Crippen LogP contribution in [0, 0.1) is 16.7 Å². The van der Waals surface area contributed by atoms with E-state index >= 15 is 0 Å². The van der Waals surface area contributed by atoms with Gasteiger partial charge in [-0.15, -0.1) is 0 Å². The quantitative estimate of drug-likeness (QED) is 0.807.